The molecule has 0 atom stereocenters. The Balaban J connectivity index is 2.01. The first-order valence-electron chi connectivity index (χ1n) is 7.66. The van der Waals surface area contributed by atoms with E-state index in [1.807, 2.05) is 20.8 Å². The Labute approximate surface area is 142 Å². The third kappa shape index (κ3) is 4.59. The van der Waals surface area contributed by atoms with Crippen molar-refractivity contribution in [3.63, 3.8) is 0 Å². The zero-order valence-electron chi connectivity index (χ0n) is 14.3. The molecule has 24 heavy (non-hydrogen) atoms. The predicted molar refractivity (Wildman–Crippen MR) is 95.5 cm³/mol. The molecule has 0 saturated carbocycles. The molecule has 2 aromatic rings. The molecule has 2 N–H and O–H groups in total. The first-order valence-corrected chi connectivity index (χ1v) is 7.66. The van der Waals surface area contributed by atoms with Crippen molar-refractivity contribution in [1.82, 2.24) is 0 Å². The highest BCUT2D eigenvalue weighted by Gasteiger charge is 2.21. The van der Waals surface area contributed by atoms with Gasteiger partial charge in [-0.3, -0.25) is 9.59 Å². The molecule has 0 spiro atoms. The summed E-state index contributed by atoms with van der Waals surface area (Å²) in [5, 5.41) is 5.64. The molecule has 0 heterocycles. The minimum Gasteiger partial charge on any atom is -0.497 e. The lowest BCUT2D eigenvalue weighted by Gasteiger charge is -2.17. The lowest BCUT2D eigenvalue weighted by molar-refractivity contribution is -0.123. The van der Waals surface area contributed by atoms with Crippen LogP contribution >= 0.6 is 0 Å². The van der Waals surface area contributed by atoms with Crippen molar-refractivity contribution in [2.24, 2.45) is 5.41 Å². The second-order valence-electron chi connectivity index (χ2n) is 6.46. The molecule has 0 radical (unpaired) electrons. The van der Waals surface area contributed by atoms with Crippen molar-refractivity contribution in [2.45, 2.75) is 20.8 Å². The fourth-order valence-corrected chi connectivity index (χ4v) is 1.90. The highest BCUT2D eigenvalue weighted by molar-refractivity contribution is 6.04. The molecule has 5 nitrogen and oxygen atoms in total. The van der Waals surface area contributed by atoms with E-state index in [1.54, 1.807) is 55.6 Å². The summed E-state index contributed by atoms with van der Waals surface area (Å²) in [5.41, 5.74) is 1.39. The number of hydrogen-bond acceptors (Lipinski definition) is 3. The molecular formula is C19H22N2O3. The third-order valence-electron chi connectivity index (χ3n) is 3.43. The zero-order valence-corrected chi connectivity index (χ0v) is 14.3. The Kier molecular flexibility index (Phi) is 5.24. The van der Waals surface area contributed by atoms with Gasteiger partial charge in [-0.25, -0.2) is 0 Å². The molecule has 0 aliphatic rings. The van der Waals surface area contributed by atoms with Gasteiger partial charge in [0.1, 0.15) is 5.75 Å². The number of methoxy groups -OCH3 is 1. The highest BCUT2D eigenvalue weighted by atomic mass is 16.5. The van der Waals surface area contributed by atoms with Crippen LogP contribution in [0.15, 0.2) is 48.5 Å². The average molecular weight is 326 g/mol. The van der Waals surface area contributed by atoms with Gasteiger partial charge in [-0.1, -0.05) is 20.8 Å². The molecule has 0 unspecified atom stereocenters. The molecule has 0 aliphatic heterocycles. The molecule has 0 fully saturated rings. The fraction of sp³-hybridized carbons (Fsp3) is 0.263. The largest absolute Gasteiger partial charge is 0.497 e. The van der Waals surface area contributed by atoms with E-state index in [2.05, 4.69) is 10.6 Å². The van der Waals surface area contributed by atoms with E-state index < -0.39 is 5.41 Å². The number of rotatable bonds is 4. The van der Waals surface area contributed by atoms with Crippen LogP contribution < -0.4 is 15.4 Å². The number of benzene rings is 2. The van der Waals surface area contributed by atoms with Crippen LogP contribution in [-0.2, 0) is 4.79 Å². The van der Waals surface area contributed by atoms with Crippen LogP contribution in [0, 0.1) is 5.41 Å². The van der Waals surface area contributed by atoms with Crippen molar-refractivity contribution in [2.75, 3.05) is 17.7 Å². The van der Waals surface area contributed by atoms with Gasteiger partial charge in [-0.15, -0.1) is 0 Å². The van der Waals surface area contributed by atoms with Crippen LogP contribution in [0.2, 0.25) is 0 Å². The highest BCUT2D eigenvalue weighted by Crippen LogP contribution is 2.19. The van der Waals surface area contributed by atoms with E-state index in [1.165, 1.54) is 0 Å². The summed E-state index contributed by atoms with van der Waals surface area (Å²) in [6.07, 6.45) is 0. The second kappa shape index (κ2) is 7.17. The van der Waals surface area contributed by atoms with Gasteiger partial charge in [0.25, 0.3) is 5.91 Å². The van der Waals surface area contributed by atoms with Crippen LogP contribution in [0.25, 0.3) is 0 Å². The normalized spacial score (nSPS) is 10.8. The first kappa shape index (κ1) is 17.5. The Morgan fingerprint density at radius 1 is 0.833 bits per heavy atom. The Bertz CT molecular complexity index is 714. The number of anilines is 2. The minimum absolute atomic E-state index is 0.0714. The average Bonchev–Trinajstić information content (AvgIpc) is 2.55. The van der Waals surface area contributed by atoms with Gasteiger partial charge >= 0.3 is 0 Å². The van der Waals surface area contributed by atoms with Crippen molar-refractivity contribution in [3.8, 4) is 5.75 Å². The molecule has 5 heteroatoms. The van der Waals surface area contributed by atoms with Crippen molar-refractivity contribution in [3.05, 3.63) is 54.1 Å². The summed E-state index contributed by atoms with van der Waals surface area (Å²) in [6.45, 7) is 5.54. The Hall–Kier alpha value is -2.82. The van der Waals surface area contributed by atoms with Crippen LogP contribution in [-0.4, -0.2) is 18.9 Å². The summed E-state index contributed by atoms with van der Waals surface area (Å²) in [5.74, 6) is 0.443. The summed E-state index contributed by atoms with van der Waals surface area (Å²) in [6, 6.07) is 13.9. The number of ether oxygens (including phenoxy) is 1. The summed E-state index contributed by atoms with van der Waals surface area (Å²) >= 11 is 0. The summed E-state index contributed by atoms with van der Waals surface area (Å²) in [7, 11) is 1.59. The van der Waals surface area contributed by atoms with E-state index in [0.29, 0.717) is 16.9 Å². The van der Waals surface area contributed by atoms with Crippen molar-refractivity contribution >= 4 is 23.2 Å². The molecular weight excluding hydrogens is 304 g/mol. The maximum atomic E-state index is 12.2. The smallest absolute Gasteiger partial charge is 0.255 e. The monoisotopic (exact) mass is 326 g/mol. The minimum atomic E-state index is -0.468. The molecule has 126 valence electrons. The van der Waals surface area contributed by atoms with Crippen LogP contribution in [0.4, 0.5) is 11.4 Å². The summed E-state index contributed by atoms with van der Waals surface area (Å²) < 4.78 is 5.08. The molecule has 0 aromatic heterocycles. The zero-order chi connectivity index (χ0) is 17.7. The third-order valence-corrected chi connectivity index (χ3v) is 3.43. The number of hydrogen-bond donors (Lipinski definition) is 2. The van der Waals surface area contributed by atoms with Gasteiger partial charge in [-0.2, -0.15) is 0 Å². The summed E-state index contributed by atoms with van der Waals surface area (Å²) in [4.78, 5) is 24.2. The topological polar surface area (TPSA) is 67.4 Å². The van der Waals surface area contributed by atoms with Gasteiger partial charge in [0, 0.05) is 22.4 Å². The van der Waals surface area contributed by atoms with Crippen LogP contribution in [0.5, 0.6) is 5.75 Å². The van der Waals surface area contributed by atoms with Crippen molar-refractivity contribution in [1.29, 1.82) is 0 Å². The standard InChI is InChI=1S/C19H22N2O3/c1-19(2,3)18(23)21-15-7-5-13(6-8-15)17(22)20-14-9-11-16(24-4)12-10-14/h5-12H,1-4H3,(H,20,22)(H,21,23). The quantitative estimate of drug-likeness (QED) is 0.894. The molecule has 2 rings (SSSR count). The molecule has 0 bridgehead atoms. The second-order valence-corrected chi connectivity index (χ2v) is 6.46. The predicted octanol–water partition coefficient (Wildman–Crippen LogP) is 3.93. The fourth-order valence-electron chi connectivity index (χ4n) is 1.90. The van der Waals surface area contributed by atoms with Crippen molar-refractivity contribution < 1.29 is 14.3 Å². The Morgan fingerprint density at radius 3 is 1.83 bits per heavy atom. The SMILES string of the molecule is COc1ccc(NC(=O)c2ccc(NC(=O)C(C)(C)C)cc2)cc1. The van der Waals surface area contributed by atoms with Crippen LogP contribution in [0.3, 0.4) is 0 Å². The van der Waals surface area contributed by atoms with E-state index in [4.69, 9.17) is 4.74 Å². The molecule has 0 aliphatic carbocycles. The van der Waals surface area contributed by atoms with Crippen LogP contribution in [0.1, 0.15) is 31.1 Å². The maximum absolute atomic E-state index is 12.2. The van der Waals surface area contributed by atoms with E-state index in [-0.39, 0.29) is 11.8 Å². The van der Waals surface area contributed by atoms with Gasteiger partial charge in [-0.05, 0) is 48.5 Å². The van der Waals surface area contributed by atoms with Gasteiger partial charge in [0.05, 0.1) is 7.11 Å². The number of amides is 2. The van der Waals surface area contributed by atoms with Gasteiger partial charge < -0.3 is 15.4 Å². The first-order chi connectivity index (χ1) is 11.3. The number of nitrogens with one attached hydrogen (secondary N) is 2. The van der Waals surface area contributed by atoms with Gasteiger partial charge in [0.2, 0.25) is 5.91 Å². The lowest BCUT2D eigenvalue weighted by atomic mass is 9.95. The van der Waals surface area contributed by atoms with Gasteiger partial charge in [0.15, 0.2) is 0 Å². The van der Waals surface area contributed by atoms with E-state index >= 15 is 0 Å². The van der Waals surface area contributed by atoms with E-state index in [9.17, 15) is 9.59 Å². The number of carbonyl (C=O) groups is 2. The Morgan fingerprint density at radius 2 is 1.33 bits per heavy atom. The lowest BCUT2D eigenvalue weighted by Crippen LogP contribution is -2.27. The number of carbonyl (C=O) groups excluding carboxylic acids is 2. The maximum Gasteiger partial charge on any atom is 0.255 e. The molecule has 2 aromatic carbocycles. The molecule has 2 amide bonds. The molecule has 0 saturated heterocycles. The van der Waals surface area contributed by atoms with E-state index in [0.717, 1.165) is 5.75 Å².